The summed E-state index contributed by atoms with van der Waals surface area (Å²) in [6.45, 7) is 7.46. The molecule has 1 heterocycles. The predicted octanol–water partition coefficient (Wildman–Crippen LogP) is 0.455. The average Bonchev–Trinajstić information content (AvgIpc) is 3.04. The van der Waals surface area contributed by atoms with Crippen molar-refractivity contribution in [3.05, 3.63) is 0 Å². The molecule has 2 aliphatic rings. The van der Waals surface area contributed by atoms with Crippen molar-refractivity contribution in [2.24, 2.45) is 10.9 Å². The van der Waals surface area contributed by atoms with Gasteiger partial charge in [0.1, 0.15) is 0 Å². The Balaban J connectivity index is 1.69. The summed E-state index contributed by atoms with van der Waals surface area (Å²) in [5, 5.41) is 6.39. The van der Waals surface area contributed by atoms with E-state index in [1.165, 1.54) is 6.42 Å². The maximum Gasteiger partial charge on any atom is 0.213 e. The first kappa shape index (κ1) is 21.4. The molecule has 8 nitrogen and oxygen atoms in total. The molecule has 1 aliphatic carbocycles. The first-order chi connectivity index (χ1) is 12.5. The minimum Gasteiger partial charge on any atom is -0.379 e. The standard InChI is InChI=1S/C17H34N4O4S/c1-3-18-17(21-14(2)12-25-16-7-9-24-13-16)19-8-10-26(22,23)20-11-15-5-4-6-15/h14-16,20H,3-13H2,1-2H3,(H2,18,19,21). The Morgan fingerprint density at radius 1 is 1.35 bits per heavy atom. The Morgan fingerprint density at radius 3 is 2.77 bits per heavy atom. The third-order valence-corrected chi connectivity index (χ3v) is 5.97. The molecule has 152 valence electrons. The van der Waals surface area contributed by atoms with Crippen LogP contribution in [0.25, 0.3) is 0 Å². The van der Waals surface area contributed by atoms with E-state index in [-0.39, 0.29) is 24.4 Å². The van der Waals surface area contributed by atoms with Gasteiger partial charge in [0.25, 0.3) is 0 Å². The zero-order chi connectivity index (χ0) is 18.8. The molecule has 1 saturated heterocycles. The summed E-state index contributed by atoms with van der Waals surface area (Å²) in [4.78, 5) is 4.37. The normalized spacial score (nSPS) is 22.8. The Kier molecular flexibility index (Phi) is 9.10. The molecule has 0 aromatic carbocycles. The van der Waals surface area contributed by atoms with Crippen LogP contribution < -0.4 is 15.4 Å². The van der Waals surface area contributed by atoms with Gasteiger partial charge in [0.15, 0.2) is 5.96 Å². The molecule has 0 spiro atoms. The molecule has 26 heavy (non-hydrogen) atoms. The molecule has 1 aliphatic heterocycles. The van der Waals surface area contributed by atoms with Crippen molar-refractivity contribution < 1.29 is 17.9 Å². The van der Waals surface area contributed by atoms with Gasteiger partial charge < -0.3 is 20.1 Å². The van der Waals surface area contributed by atoms with Crippen molar-refractivity contribution in [1.82, 2.24) is 15.4 Å². The van der Waals surface area contributed by atoms with E-state index in [1.54, 1.807) is 0 Å². The number of nitrogens with zero attached hydrogens (tertiary/aromatic N) is 1. The minimum atomic E-state index is -3.26. The molecule has 0 aromatic heterocycles. The quantitative estimate of drug-likeness (QED) is 0.350. The van der Waals surface area contributed by atoms with Crippen LogP contribution >= 0.6 is 0 Å². The van der Waals surface area contributed by atoms with Crippen molar-refractivity contribution in [1.29, 1.82) is 0 Å². The molecular formula is C17H34N4O4S. The number of sulfonamides is 1. The average molecular weight is 391 g/mol. The van der Waals surface area contributed by atoms with Gasteiger partial charge in [-0.2, -0.15) is 0 Å². The van der Waals surface area contributed by atoms with Crippen LogP contribution in [0.1, 0.15) is 39.5 Å². The lowest BCUT2D eigenvalue weighted by atomic mass is 9.86. The summed E-state index contributed by atoms with van der Waals surface area (Å²) in [7, 11) is -3.26. The molecule has 0 radical (unpaired) electrons. The van der Waals surface area contributed by atoms with E-state index >= 15 is 0 Å². The summed E-state index contributed by atoms with van der Waals surface area (Å²) in [5.41, 5.74) is 0. The Labute approximate surface area is 157 Å². The van der Waals surface area contributed by atoms with Crippen LogP contribution in [0.4, 0.5) is 0 Å². The van der Waals surface area contributed by atoms with E-state index in [1.807, 2.05) is 13.8 Å². The molecule has 2 unspecified atom stereocenters. The maximum absolute atomic E-state index is 12.0. The molecule has 2 atom stereocenters. The number of hydrogen-bond donors (Lipinski definition) is 3. The maximum atomic E-state index is 12.0. The van der Waals surface area contributed by atoms with Crippen LogP contribution in [0.15, 0.2) is 4.99 Å². The number of ether oxygens (including phenoxy) is 2. The molecule has 2 rings (SSSR count). The van der Waals surface area contributed by atoms with Crippen LogP contribution in [0.5, 0.6) is 0 Å². The lowest BCUT2D eigenvalue weighted by Gasteiger charge is -2.25. The zero-order valence-electron chi connectivity index (χ0n) is 16.0. The van der Waals surface area contributed by atoms with Gasteiger partial charge in [-0.15, -0.1) is 0 Å². The van der Waals surface area contributed by atoms with Gasteiger partial charge in [0, 0.05) is 25.7 Å². The molecule has 3 N–H and O–H groups in total. The second-order valence-corrected chi connectivity index (χ2v) is 9.02. The molecule has 0 amide bonds. The second kappa shape index (κ2) is 11.1. The smallest absolute Gasteiger partial charge is 0.213 e. The number of aliphatic imine (C=N–C) groups is 1. The first-order valence-corrected chi connectivity index (χ1v) is 11.3. The van der Waals surface area contributed by atoms with E-state index in [9.17, 15) is 8.42 Å². The summed E-state index contributed by atoms with van der Waals surface area (Å²) in [6, 6.07) is 0.0711. The fourth-order valence-electron chi connectivity index (χ4n) is 2.81. The highest BCUT2D eigenvalue weighted by molar-refractivity contribution is 7.89. The predicted molar refractivity (Wildman–Crippen MR) is 103 cm³/mol. The number of rotatable bonds is 11. The van der Waals surface area contributed by atoms with E-state index in [4.69, 9.17) is 9.47 Å². The molecular weight excluding hydrogens is 356 g/mol. The summed E-state index contributed by atoms with van der Waals surface area (Å²) in [5.74, 6) is 1.12. The summed E-state index contributed by atoms with van der Waals surface area (Å²) in [6.07, 6.45) is 4.58. The Bertz CT molecular complexity index is 531. The van der Waals surface area contributed by atoms with Gasteiger partial charge in [-0.3, -0.25) is 4.99 Å². The minimum absolute atomic E-state index is 0.000583. The SMILES string of the molecule is CCNC(=NCCS(=O)(=O)NCC1CCC1)NC(C)COC1CCOC1. The fraction of sp³-hybridized carbons (Fsp3) is 0.941. The number of guanidine groups is 1. The largest absolute Gasteiger partial charge is 0.379 e. The summed E-state index contributed by atoms with van der Waals surface area (Å²) >= 11 is 0. The van der Waals surface area contributed by atoms with E-state index in [2.05, 4.69) is 20.3 Å². The highest BCUT2D eigenvalue weighted by Gasteiger charge is 2.20. The van der Waals surface area contributed by atoms with Crippen LogP contribution in [-0.2, 0) is 19.5 Å². The third kappa shape index (κ3) is 8.20. The fourth-order valence-corrected chi connectivity index (χ4v) is 3.78. The van der Waals surface area contributed by atoms with Gasteiger partial charge in [0.05, 0.1) is 31.6 Å². The van der Waals surface area contributed by atoms with Crippen molar-refractivity contribution >= 4 is 16.0 Å². The second-order valence-electron chi connectivity index (χ2n) is 7.09. The molecule has 1 saturated carbocycles. The highest BCUT2D eigenvalue weighted by Crippen LogP contribution is 2.25. The van der Waals surface area contributed by atoms with Gasteiger partial charge in [-0.05, 0) is 39.0 Å². The third-order valence-electron chi connectivity index (χ3n) is 4.64. The monoisotopic (exact) mass is 390 g/mol. The van der Waals surface area contributed by atoms with Crippen molar-refractivity contribution in [2.75, 3.05) is 45.2 Å². The van der Waals surface area contributed by atoms with Crippen LogP contribution in [0.3, 0.4) is 0 Å². The van der Waals surface area contributed by atoms with Crippen molar-refractivity contribution in [3.8, 4) is 0 Å². The highest BCUT2D eigenvalue weighted by atomic mass is 32.2. The molecule has 9 heteroatoms. The topological polar surface area (TPSA) is 101 Å². The van der Waals surface area contributed by atoms with Crippen molar-refractivity contribution in [2.45, 2.75) is 51.7 Å². The lowest BCUT2D eigenvalue weighted by Crippen LogP contribution is -2.45. The zero-order valence-corrected chi connectivity index (χ0v) is 16.8. The van der Waals surface area contributed by atoms with Crippen LogP contribution in [0, 0.1) is 5.92 Å². The van der Waals surface area contributed by atoms with Gasteiger partial charge in [0.2, 0.25) is 10.0 Å². The molecule has 2 fully saturated rings. The van der Waals surface area contributed by atoms with Gasteiger partial charge in [-0.1, -0.05) is 6.42 Å². The molecule has 0 aromatic rings. The van der Waals surface area contributed by atoms with Crippen molar-refractivity contribution in [3.63, 3.8) is 0 Å². The van der Waals surface area contributed by atoms with Crippen LogP contribution in [0.2, 0.25) is 0 Å². The summed E-state index contributed by atoms with van der Waals surface area (Å²) < 4.78 is 37.8. The number of nitrogens with one attached hydrogen (secondary N) is 3. The lowest BCUT2D eigenvalue weighted by molar-refractivity contribution is 0.0347. The Hall–Kier alpha value is -0.900. The van der Waals surface area contributed by atoms with Gasteiger partial charge in [-0.25, -0.2) is 13.1 Å². The van der Waals surface area contributed by atoms with E-state index < -0.39 is 10.0 Å². The first-order valence-electron chi connectivity index (χ1n) is 9.70. The van der Waals surface area contributed by atoms with Gasteiger partial charge >= 0.3 is 0 Å². The van der Waals surface area contributed by atoms with E-state index in [0.717, 1.165) is 25.9 Å². The number of hydrogen-bond acceptors (Lipinski definition) is 5. The van der Waals surface area contributed by atoms with Crippen LogP contribution in [-0.4, -0.2) is 71.7 Å². The Morgan fingerprint density at radius 2 is 2.15 bits per heavy atom. The molecule has 0 bridgehead atoms. The van der Waals surface area contributed by atoms with E-state index in [0.29, 0.717) is 38.2 Å².